The Balaban J connectivity index is 1.53. The third kappa shape index (κ3) is 4.73. The Morgan fingerprint density at radius 3 is 2.62 bits per heavy atom. The van der Waals surface area contributed by atoms with Crippen molar-refractivity contribution in [2.45, 2.75) is 45.6 Å². The van der Waals surface area contributed by atoms with E-state index in [1.165, 1.54) is 11.8 Å². The van der Waals surface area contributed by atoms with Crippen LogP contribution in [0.15, 0.2) is 41.0 Å². The van der Waals surface area contributed by atoms with Crippen LogP contribution in [0.5, 0.6) is 0 Å². The van der Waals surface area contributed by atoms with Crippen LogP contribution < -0.4 is 5.73 Å². The second kappa shape index (κ2) is 8.49. The molecule has 5 nitrogen and oxygen atoms in total. The Labute approximate surface area is 155 Å². The van der Waals surface area contributed by atoms with Gasteiger partial charge in [0, 0.05) is 13.1 Å². The van der Waals surface area contributed by atoms with Crippen LogP contribution in [-0.2, 0) is 6.42 Å². The van der Waals surface area contributed by atoms with E-state index in [2.05, 4.69) is 43.1 Å². The van der Waals surface area contributed by atoms with Crippen molar-refractivity contribution in [3.8, 4) is 0 Å². The second-order valence-corrected chi connectivity index (χ2v) is 7.73. The van der Waals surface area contributed by atoms with Crippen LogP contribution in [0.3, 0.4) is 0 Å². The number of carbonyl (C=O) groups excluding carboxylic acids is 1. The molecule has 1 atom stereocenters. The van der Waals surface area contributed by atoms with E-state index in [0.29, 0.717) is 23.4 Å². The molecular formula is C21H29N3O2. The van der Waals surface area contributed by atoms with E-state index in [1.54, 1.807) is 0 Å². The number of nitrogens with two attached hydrogens (primary N) is 1. The zero-order chi connectivity index (χ0) is 18.5. The molecule has 0 saturated carbocycles. The molecule has 1 aliphatic heterocycles. The van der Waals surface area contributed by atoms with Gasteiger partial charge in [-0.15, -0.1) is 0 Å². The molecule has 0 aliphatic carbocycles. The van der Waals surface area contributed by atoms with Gasteiger partial charge in [-0.1, -0.05) is 44.2 Å². The summed E-state index contributed by atoms with van der Waals surface area (Å²) in [6, 6.07) is 10.3. The van der Waals surface area contributed by atoms with Gasteiger partial charge in [-0.3, -0.25) is 4.79 Å². The summed E-state index contributed by atoms with van der Waals surface area (Å²) in [6.07, 6.45) is 5.38. The molecule has 0 bridgehead atoms. The Kier molecular flexibility index (Phi) is 6.09. The number of piperidine rings is 1. The zero-order valence-electron chi connectivity index (χ0n) is 15.7. The number of hydrogen-bond acceptors (Lipinski definition) is 4. The summed E-state index contributed by atoms with van der Waals surface area (Å²) in [5.41, 5.74) is 7.85. The molecule has 1 fully saturated rings. The van der Waals surface area contributed by atoms with Crippen LogP contribution in [0.2, 0.25) is 0 Å². The Morgan fingerprint density at radius 1 is 1.27 bits per heavy atom. The highest BCUT2D eigenvalue weighted by Crippen LogP contribution is 2.24. The maximum atomic E-state index is 12.7. The van der Waals surface area contributed by atoms with E-state index in [1.807, 2.05) is 11.0 Å². The van der Waals surface area contributed by atoms with Crippen molar-refractivity contribution in [3.05, 3.63) is 53.7 Å². The third-order valence-corrected chi connectivity index (χ3v) is 5.05. The highest BCUT2D eigenvalue weighted by atomic mass is 16.3. The molecule has 140 valence electrons. The normalized spacial score (nSPS) is 16.8. The molecule has 2 heterocycles. The number of amides is 1. The number of hydrogen-bond donors (Lipinski definition) is 1. The number of rotatable bonds is 6. The Morgan fingerprint density at radius 2 is 1.96 bits per heavy atom. The van der Waals surface area contributed by atoms with E-state index >= 15 is 0 Å². The first-order valence-corrected chi connectivity index (χ1v) is 9.57. The van der Waals surface area contributed by atoms with Gasteiger partial charge in [0.05, 0.1) is 6.04 Å². The SMILES string of the molecule is CC(C)CC(N)c1nc(C(=O)N2CCC(Cc3ccccc3)CC2)co1. The number of likely N-dealkylation sites (tertiary alicyclic amines) is 1. The van der Waals surface area contributed by atoms with Gasteiger partial charge in [0.15, 0.2) is 5.69 Å². The van der Waals surface area contributed by atoms with Crippen LogP contribution in [0.1, 0.15) is 61.1 Å². The molecule has 2 N–H and O–H groups in total. The first-order chi connectivity index (χ1) is 12.5. The van der Waals surface area contributed by atoms with Gasteiger partial charge in [0.25, 0.3) is 5.91 Å². The second-order valence-electron chi connectivity index (χ2n) is 7.73. The van der Waals surface area contributed by atoms with E-state index < -0.39 is 0 Å². The summed E-state index contributed by atoms with van der Waals surface area (Å²) in [6.45, 7) is 5.76. The molecule has 0 radical (unpaired) electrons. The third-order valence-electron chi connectivity index (χ3n) is 5.05. The predicted molar refractivity (Wildman–Crippen MR) is 102 cm³/mol. The maximum absolute atomic E-state index is 12.7. The quantitative estimate of drug-likeness (QED) is 0.855. The number of oxazole rings is 1. The van der Waals surface area contributed by atoms with Crippen molar-refractivity contribution < 1.29 is 9.21 Å². The fourth-order valence-electron chi connectivity index (χ4n) is 3.61. The minimum absolute atomic E-state index is 0.0464. The van der Waals surface area contributed by atoms with Crippen molar-refractivity contribution in [3.63, 3.8) is 0 Å². The lowest BCUT2D eigenvalue weighted by Crippen LogP contribution is -2.39. The first-order valence-electron chi connectivity index (χ1n) is 9.57. The minimum atomic E-state index is -0.256. The molecule has 1 aliphatic rings. The lowest BCUT2D eigenvalue weighted by atomic mass is 9.90. The fourth-order valence-corrected chi connectivity index (χ4v) is 3.61. The summed E-state index contributed by atoms with van der Waals surface area (Å²) in [7, 11) is 0. The summed E-state index contributed by atoms with van der Waals surface area (Å²) in [5, 5.41) is 0. The lowest BCUT2D eigenvalue weighted by molar-refractivity contribution is 0.0684. The summed E-state index contributed by atoms with van der Waals surface area (Å²) in [4.78, 5) is 18.9. The Hall–Kier alpha value is -2.14. The maximum Gasteiger partial charge on any atom is 0.275 e. The monoisotopic (exact) mass is 355 g/mol. The summed E-state index contributed by atoms with van der Waals surface area (Å²) in [5.74, 6) is 1.50. The molecule has 26 heavy (non-hydrogen) atoms. The van der Waals surface area contributed by atoms with Gasteiger partial charge in [-0.25, -0.2) is 4.98 Å². The van der Waals surface area contributed by atoms with Crippen LogP contribution in [0, 0.1) is 11.8 Å². The molecule has 1 amide bonds. The van der Waals surface area contributed by atoms with Gasteiger partial charge in [0.2, 0.25) is 5.89 Å². The van der Waals surface area contributed by atoms with Crippen LogP contribution in [0.4, 0.5) is 0 Å². The smallest absolute Gasteiger partial charge is 0.275 e. The summed E-state index contributed by atoms with van der Waals surface area (Å²) >= 11 is 0. The van der Waals surface area contributed by atoms with E-state index in [0.717, 1.165) is 38.8 Å². The van der Waals surface area contributed by atoms with Crippen LogP contribution >= 0.6 is 0 Å². The van der Waals surface area contributed by atoms with Gasteiger partial charge in [0.1, 0.15) is 6.26 Å². The molecule has 0 spiro atoms. The highest BCUT2D eigenvalue weighted by Gasteiger charge is 2.26. The average Bonchev–Trinajstić information content (AvgIpc) is 3.12. The molecule has 5 heteroatoms. The van der Waals surface area contributed by atoms with Crippen LogP contribution in [-0.4, -0.2) is 28.9 Å². The molecule has 3 rings (SSSR count). The topological polar surface area (TPSA) is 72.4 Å². The van der Waals surface area contributed by atoms with Crippen molar-refractivity contribution in [1.82, 2.24) is 9.88 Å². The van der Waals surface area contributed by atoms with E-state index in [-0.39, 0.29) is 11.9 Å². The summed E-state index contributed by atoms with van der Waals surface area (Å²) < 4.78 is 5.46. The molecule has 1 saturated heterocycles. The average molecular weight is 355 g/mol. The lowest BCUT2D eigenvalue weighted by Gasteiger charge is -2.31. The van der Waals surface area contributed by atoms with Gasteiger partial charge in [-0.05, 0) is 43.1 Å². The number of aromatic nitrogens is 1. The van der Waals surface area contributed by atoms with Crippen molar-refractivity contribution in [1.29, 1.82) is 0 Å². The molecule has 2 aromatic rings. The van der Waals surface area contributed by atoms with Crippen LogP contribution in [0.25, 0.3) is 0 Å². The van der Waals surface area contributed by atoms with E-state index in [4.69, 9.17) is 10.2 Å². The number of nitrogens with zero attached hydrogens (tertiary/aromatic N) is 2. The fraction of sp³-hybridized carbons (Fsp3) is 0.524. The number of carbonyl (C=O) groups is 1. The van der Waals surface area contributed by atoms with Gasteiger partial charge >= 0.3 is 0 Å². The molecule has 1 aromatic heterocycles. The van der Waals surface area contributed by atoms with E-state index in [9.17, 15) is 4.79 Å². The van der Waals surface area contributed by atoms with Crippen molar-refractivity contribution in [2.75, 3.05) is 13.1 Å². The van der Waals surface area contributed by atoms with Crippen molar-refractivity contribution in [2.24, 2.45) is 17.6 Å². The predicted octanol–water partition coefficient (Wildman–Crippen LogP) is 3.82. The standard InChI is InChI=1S/C21H29N3O2/c1-15(2)12-18(22)20-23-19(14-26-20)21(25)24-10-8-17(9-11-24)13-16-6-4-3-5-7-16/h3-7,14-15,17-18H,8-13,22H2,1-2H3. The molecule has 1 unspecified atom stereocenters. The zero-order valence-corrected chi connectivity index (χ0v) is 15.7. The highest BCUT2D eigenvalue weighted by molar-refractivity contribution is 5.92. The molecule has 1 aromatic carbocycles. The largest absolute Gasteiger partial charge is 0.446 e. The number of benzene rings is 1. The first kappa shape index (κ1) is 18.6. The minimum Gasteiger partial charge on any atom is -0.446 e. The van der Waals surface area contributed by atoms with Gasteiger partial charge in [-0.2, -0.15) is 0 Å². The van der Waals surface area contributed by atoms with Crippen molar-refractivity contribution >= 4 is 5.91 Å². The Bertz CT molecular complexity index is 703. The van der Waals surface area contributed by atoms with Gasteiger partial charge < -0.3 is 15.1 Å². The molecular weight excluding hydrogens is 326 g/mol.